The highest BCUT2D eigenvalue weighted by Gasteiger charge is 2.41. The average Bonchev–Trinajstić information content (AvgIpc) is 3.40. The number of carbonyl (C=O) groups is 1. The van der Waals surface area contributed by atoms with Gasteiger partial charge in [0.05, 0.1) is 16.5 Å². The van der Waals surface area contributed by atoms with Crippen LogP contribution in [-0.4, -0.2) is 43.6 Å². The molecule has 1 aliphatic heterocycles. The Morgan fingerprint density at radius 3 is 2.50 bits per heavy atom. The number of nitrogens with zero attached hydrogens (tertiary/aromatic N) is 5. The van der Waals surface area contributed by atoms with Crippen molar-refractivity contribution in [3.8, 4) is 0 Å². The zero-order valence-electron chi connectivity index (χ0n) is 16.9. The molecule has 0 saturated carbocycles. The Hall–Kier alpha value is -4.27. The summed E-state index contributed by atoms with van der Waals surface area (Å²) in [6, 6.07) is 23.2. The van der Waals surface area contributed by atoms with Gasteiger partial charge >= 0.3 is 6.09 Å². The topological polar surface area (TPSA) is 103 Å². The third-order valence-corrected chi connectivity index (χ3v) is 5.59. The molecule has 1 aliphatic rings. The number of nitro benzene ring substituents is 1. The van der Waals surface area contributed by atoms with Crippen LogP contribution in [0.15, 0.2) is 78.9 Å². The van der Waals surface area contributed by atoms with Crippen LogP contribution in [0, 0.1) is 10.1 Å². The second kappa shape index (κ2) is 8.10. The number of hydrogen-bond donors (Lipinski definition) is 0. The van der Waals surface area contributed by atoms with Gasteiger partial charge in [-0.25, -0.2) is 9.48 Å². The predicted octanol–water partition coefficient (Wildman–Crippen LogP) is 3.95. The van der Waals surface area contributed by atoms with Crippen molar-refractivity contribution in [2.75, 3.05) is 6.61 Å². The summed E-state index contributed by atoms with van der Waals surface area (Å²) >= 11 is 0. The van der Waals surface area contributed by atoms with Crippen LogP contribution in [-0.2, 0) is 11.2 Å². The number of rotatable bonds is 6. The van der Waals surface area contributed by atoms with Crippen molar-refractivity contribution in [3.05, 3.63) is 100 Å². The fourth-order valence-corrected chi connectivity index (χ4v) is 4.07. The van der Waals surface area contributed by atoms with E-state index < -0.39 is 17.2 Å². The van der Waals surface area contributed by atoms with Crippen LogP contribution in [0.25, 0.3) is 11.0 Å². The fraction of sp³-hybridized carbons (Fsp3) is 0.174. The first-order chi connectivity index (χ1) is 15.6. The van der Waals surface area contributed by atoms with Gasteiger partial charge in [-0.3, -0.25) is 15.0 Å². The first-order valence-corrected chi connectivity index (χ1v) is 10.1. The monoisotopic (exact) mass is 429 g/mol. The van der Waals surface area contributed by atoms with Gasteiger partial charge in [-0.1, -0.05) is 47.7 Å². The largest absolute Gasteiger partial charge is 0.447 e. The summed E-state index contributed by atoms with van der Waals surface area (Å²) in [7, 11) is 0. The SMILES string of the molecule is O=C1OC[C@H](Cc2ccccc2)N1C(c1ccc([N+](=O)[O-])cc1)n1nnc2ccccc21. The molecule has 0 spiro atoms. The van der Waals surface area contributed by atoms with Gasteiger partial charge in [-0.15, -0.1) is 5.10 Å². The lowest BCUT2D eigenvalue weighted by molar-refractivity contribution is -0.384. The molecule has 3 aromatic carbocycles. The number of para-hydroxylation sites is 1. The fourth-order valence-electron chi connectivity index (χ4n) is 4.07. The molecule has 1 saturated heterocycles. The molecule has 1 fully saturated rings. The molecular formula is C23H19N5O4. The van der Waals surface area contributed by atoms with Crippen molar-refractivity contribution in [1.29, 1.82) is 0 Å². The molecule has 0 bridgehead atoms. The minimum Gasteiger partial charge on any atom is -0.447 e. The van der Waals surface area contributed by atoms with E-state index in [1.807, 2.05) is 54.6 Å². The van der Waals surface area contributed by atoms with Crippen LogP contribution in [0.2, 0.25) is 0 Å². The van der Waals surface area contributed by atoms with Crippen LogP contribution in [0.4, 0.5) is 10.5 Å². The molecule has 2 heterocycles. The third-order valence-electron chi connectivity index (χ3n) is 5.59. The van der Waals surface area contributed by atoms with E-state index in [9.17, 15) is 14.9 Å². The van der Waals surface area contributed by atoms with Crippen molar-refractivity contribution >= 4 is 22.8 Å². The number of nitro groups is 1. The standard InChI is InChI=1S/C23H19N5O4/c29-23-26(19(15-32-23)14-16-6-2-1-3-7-16)22(17-10-12-18(13-11-17)28(30)31)27-21-9-5-4-8-20(21)24-25-27/h1-13,19,22H,14-15H2/t19-,22?/m0/s1. The second-order valence-electron chi connectivity index (χ2n) is 7.57. The highest BCUT2D eigenvalue weighted by molar-refractivity contribution is 5.75. The van der Waals surface area contributed by atoms with Gasteiger partial charge in [0, 0.05) is 12.1 Å². The lowest BCUT2D eigenvalue weighted by Gasteiger charge is -2.31. The summed E-state index contributed by atoms with van der Waals surface area (Å²) in [5.41, 5.74) is 3.15. The van der Waals surface area contributed by atoms with E-state index >= 15 is 0 Å². The predicted molar refractivity (Wildman–Crippen MR) is 116 cm³/mol. The van der Waals surface area contributed by atoms with Crippen molar-refractivity contribution in [1.82, 2.24) is 19.9 Å². The Bertz CT molecular complexity index is 1270. The second-order valence-corrected chi connectivity index (χ2v) is 7.57. The van der Waals surface area contributed by atoms with Gasteiger partial charge in [0.1, 0.15) is 12.1 Å². The summed E-state index contributed by atoms with van der Waals surface area (Å²) in [6.45, 7) is 0.240. The Labute approximate surface area is 183 Å². The number of carbonyl (C=O) groups excluding carboxylic acids is 1. The maximum atomic E-state index is 12.9. The maximum Gasteiger partial charge on any atom is 0.412 e. The molecule has 0 N–H and O–H groups in total. The molecule has 160 valence electrons. The Morgan fingerprint density at radius 2 is 1.75 bits per heavy atom. The van der Waals surface area contributed by atoms with E-state index in [1.54, 1.807) is 21.7 Å². The number of benzene rings is 3. The Balaban J connectivity index is 1.61. The molecule has 32 heavy (non-hydrogen) atoms. The van der Waals surface area contributed by atoms with Crippen LogP contribution in [0.1, 0.15) is 17.3 Å². The number of ether oxygens (including phenoxy) is 1. The van der Waals surface area contributed by atoms with Gasteiger partial charge < -0.3 is 4.74 Å². The quantitative estimate of drug-likeness (QED) is 0.340. The summed E-state index contributed by atoms with van der Waals surface area (Å²) in [5.74, 6) is 0. The number of fused-ring (bicyclic) bond motifs is 1. The van der Waals surface area contributed by atoms with Gasteiger partial charge in [0.15, 0.2) is 6.17 Å². The normalized spacial score (nSPS) is 16.8. The molecule has 9 nitrogen and oxygen atoms in total. The molecule has 1 amide bonds. The van der Waals surface area contributed by atoms with E-state index in [0.29, 0.717) is 17.5 Å². The number of amides is 1. The van der Waals surface area contributed by atoms with Gasteiger partial charge in [0.2, 0.25) is 0 Å². The minimum atomic E-state index is -0.674. The zero-order chi connectivity index (χ0) is 22.1. The summed E-state index contributed by atoms with van der Waals surface area (Å²) in [4.78, 5) is 25.3. The summed E-state index contributed by atoms with van der Waals surface area (Å²) in [6.07, 6.45) is -0.538. The van der Waals surface area contributed by atoms with E-state index in [-0.39, 0.29) is 18.3 Å². The van der Waals surface area contributed by atoms with Crippen molar-refractivity contribution in [2.24, 2.45) is 0 Å². The minimum absolute atomic E-state index is 0.0271. The highest BCUT2D eigenvalue weighted by atomic mass is 16.6. The number of non-ortho nitro benzene ring substituents is 1. The van der Waals surface area contributed by atoms with E-state index in [2.05, 4.69) is 10.3 Å². The Morgan fingerprint density at radius 1 is 1.03 bits per heavy atom. The molecule has 1 aromatic heterocycles. The summed E-state index contributed by atoms with van der Waals surface area (Å²) < 4.78 is 7.11. The molecule has 2 atom stereocenters. The van der Waals surface area contributed by atoms with Crippen molar-refractivity contribution in [3.63, 3.8) is 0 Å². The molecule has 9 heteroatoms. The van der Waals surface area contributed by atoms with Crippen LogP contribution in [0.3, 0.4) is 0 Å². The zero-order valence-corrected chi connectivity index (χ0v) is 16.9. The number of hydrogen-bond acceptors (Lipinski definition) is 6. The summed E-state index contributed by atoms with van der Waals surface area (Å²) in [5, 5.41) is 19.7. The van der Waals surface area contributed by atoms with Crippen molar-refractivity contribution < 1.29 is 14.5 Å². The van der Waals surface area contributed by atoms with Gasteiger partial charge in [0.25, 0.3) is 5.69 Å². The average molecular weight is 429 g/mol. The number of aromatic nitrogens is 3. The Kier molecular flexibility index (Phi) is 4.98. The van der Waals surface area contributed by atoms with E-state index in [1.165, 1.54) is 12.1 Å². The first kappa shape index (κ1) is 19.7. The smallest absolute Gasteiger partial charge is 0.412 e. The highest BCUT2D eigenvalue weighted by Crippen LogP contribution is 2.33. The molecule has 0 radical (unpaired) electrons. The lowest BCUT2D eigenvalue weighted by atomic mass is 10.0. The van der Waals surface area contributed by atoms with Gasteiger partial charge in [-0.2, -0.15) is 0 Å². The lowest BCUT2D eigenvalue weighted by Crippen LogP contribution is -2.42. The number of cyclic esters (lactones) is 1. The van der Waals surface area contributed by atoms with Crippen LogP contribution < -0.4 is 0 Å². The van der Waals surface area contributed by atoms with E-state index in [4.69, 9.17) is 4.74 Å². The maximum absolute atomic E-state index is 12.9. The van der Waals surface area contributed by atoms with Crippen LogP contribution in [0.5, 0.6) is 0 Å². The molecule has 5 rings (SSSR count). The molecule has 0 aliphatic carbocycles. The molecule has 4 aromatic rings. The van der Waals surface area contributed by atoms with Crippen molar-refractivity contribution in [2.45, 2.75) is 18.6 Å². The third kappa shape index (κ3) is 3.53. The first-order valence-electron chi connectivity index (χ1n) is 10.1. The van der Waals surface area contributed by atoms with E-state index in [0.717, 1.165) is 11.1 Å². The van der Waals surface area contributed by atoms with Gasteiger partial charge in [-0.05, 0) is 41.8 Å². The molecular weight excluding hydrogens is 410 g/mol. The van der Waals surface area contributed by atoms with Crippen LogP contribution >= 0.6 is 0 Å². The molecule has 1 unspecified atom stereocenters.